The van der Waals surface area contributed by atoms with Crippen LogP contribution in [0.1, 0.15) is 51.8 Å². The zero-order valence-corrected chi connectivity index (χ0v) is 10.0. The molecule has 0 spiro atoms. The fourth-order valence-electron chi connectivity index (χ4n) is 2.31. The molecule has 1 aliphatic rings. The summed E-state index contributed by atoms with van der Waals surface area (Å²) in [4.78, 5) is 0. The first-order valence-electron chi connectivity index (χ1n) is 5.51. The molecule has 1 aromatic rings. The van der Waals surface area contributed by atoms with Gasteiger partial charge in [0.05, 0.1) is 0 Å². The summed E-state index contributed by atoms with van der Waals surface area (Å²) in [6, 6.07) is 2.29. The van der Waals surface area contributed by atoms with Gasteiger partial charge in [0, 0.05) is 24.4 Å². The molecule has 0 N–H and O–H groups in total. The number of hydrogen-bond acceptors (Lipinski definition) is 0. The molecule has 1 heteroatoms. The Labute approximate surface area is 87.1 Å². The predicted molar refractivity (Wildman–Crippen MR) is 60.7 cm³/mol. The molecule has 0 radical (unpaired) electrons. The van der Waals surface area contributed by atoms with Crippen LogP contribution in [-0.4, -0.2) is 4.57 Å². The lowest BCUT2D eigenvalue weighted by Gasteiger charge is -2.23. The van der Waals surface area contributed by atoms with E-state index in [1.165, 1.54) is 18.4 Å². The van der Waals surface area contributed by atoms with Crippen LogP contribution in [0, 0.1) is 0 Å². The summed E-state index contributed by atoms with van der Waals surface area (Å²) in [6.07, 6.45) is 4.92. The van der Waals surface area contributed by atoms with E-state index in [4.69, 9.17) is 0 Å². The van der Waals surface area contributed by atoms with Crippen LogP contribution in [0.2, 0.25) is 0 Å². The maximum Gasteiger partial charge on any atom is 0.0268 e. The highest BCUT2D eigenvalue weighted by atomic mass is 15.0. The first-order valence-corrected chi connectivity index (χ1v) is 5.51. The van der Waals surface area contributed by atoms with Crippen LogP contribution in [0.3, 0.4) is 0 Å². The average molecular weight is 191 g/mol. The van der Waals surface area contributed by atoms with Crippen molar-refractivity contribution in [1.29, 1.82) is 0 Å². The van der Waals surface area contributed by atoms with E-state index in [1.807, 2.05) is 0 Å². The molecule has 1 aliphatic carbocycles. The molecule has 1 fully saturated rings. The van der Waals surface area contributed by atoms with E-state index in [0.29, 0.717) is 5.41 Å². The summed E-state index contributed by atoms with van der Waals surface area (Å²) in [6.45, 7) is 9.30. The van der Waals surface area contributed by atoms with E-state index in [-0.39, 0.29) is 5.41 Å². The predicted octanol–water partition coefficient (Wildman–Crippen LogP) is 3.37. The lowest BCUT2D eigenvalue weighted by Crippen LogP contribution is -2.18. The third-order valence-electron chi connectivity index (χ3n) is 3.45. The van der Waals surface area contributed by atoms with E-state index < -0.39 is 0 Å². The standard InChI is InChI=1S/C13H21N/c1-12(2,3)10-6-9-14(5)11(10)13(4)7-8-13/h6,9H,7-8H2,1-5H3. The molecule has 1 nitrogen and oxygen atoms in total. The molecule has 0 aliphatic heterocycles. The Hall–Kier alpha value is -0.720. The second-order valence-corrected chi connectivity index (χ2v) is 6.00. The molecule has 0 atom stereocenters. The minimum absolute atomic E-state index is 0.280. The monoisotopic (exact) mass is 191 g/mol. The lowest BCUT2D eigenvalue weighted by atomic mass is 9.83. The van der Waals surface area contributed by atoms with Gasteiger partial charge in [0.25, 0.3) is 0 Å². The summed E-state index contributed by atoms with van der Waals surface area (Å²) in [5, 5.41) is 0. The van der Waals surface area contributed by atoms with Crippen molar-refractivity contribution in [2.24, 2.45) is 7.05 Å². The van der Waals surface area contributed by atoms with Crippen LogP contribution >= 0.6 is 0 Å². The Morgan fingerprint density at radius 3 is 2.29 bits per heavy atom. The maximum absolute atomic E-state index is 2.39. The third kappa shape index (κ3) is 1.39. The summed E-state index contributed by atoms with van der Waals surface area (Å²) in [5.41, 5.74) is 3.84. The second kappa shape index (κ2) is 2.65. The van der Waals surface area contributed by atoms with Gasteiger partial charge in [0.15, 0.2) is 0 Å². The molecule has 0 bridgehead atoms. The number of aromatic nitrogens is 1. The normalized spacial score (nSPS) is 19.8. The zero-order chi connectivity index (χ0) is 10.6. The quantitative estimate of drug-likeness (QED) is 0.641. The van der Waals surface area contributed by atoms with Crippen LogP contribution in [0.15, 0.2) is 12.3 Å². The van der Waals surface area contributed by atoms with Crippen molar-refractivity contribution in [3.8, 4) is 0 Å². The minimum atomic E-state index is 0.280. The first-order chi connectivity index (χ1) is 6.34. The highest BCUT2D eigenvalue weighted by Gasteiger charge is 2.43. The van der Waals surface area contributed by atoms with Crippen molar-refractivity contribution in [1.82, 2.24) is 4.57 Å². The Kier molecular flexibility index (Phi) is 1.86. The van der Waals surface area contributed by atoms with Gasteiger partial charge in [0.1, 0.15) is 0 Å². The van der Waals surface area contributed by atoms with Crippen molar-refractivity contribution in [3.05, 3.63) is 23.5 Å². The van der Waals surface area contributed by atoms with Crippen molar-refractivity contribution in [3.63, 3.8) is 0 Å². The van der Waals surface area contributed by atoms with Crippen LogP contribution in [0.4, 0.5) is 0 Å². The lowest BCUT2D eigenvalue weighted by molar-refractivity contribution is 0.559. The van der Waals surface area contributed by atoms with E-state index >= 15 is 0 Å². The smallest absolute Gasteiger partial charge is 0.0268 e. The Morgan fingerprint density at radius 1 is 1.29 bits per heavy atom. The van der Waals surface area contributed by atoms with Gasteiger partial charge in [-0.15, -0.1) is 0 Å². The fraction of sp³-hybridized carbons (Fsp3) is 0.692. The van der Waals surface area contributed by atoms with E-state index in [0.717, 1.165) is 0 Å². The van der Waals surface area contributed by atoms with Crippen LogP contribution in [-0.2, 0) is 17.9 Å². The molecule has 1 heterocycles. The van der Waals surface area contributed by atoms with Gasteiger partial charge < -0.3 is 4.57 Å². The number of aryl methyl sites for hydroxylation is 1. The molecule has 0 unspecified atom stereocenters. The summed E-state index contributed by atoms with van der Waals surface area (Å²) < 4.78 is 2.31. The van der Waals surface area contributed by atoms with Gasteiger partial charge in [-0.2, -0.15) is 0 Å². The van der Waals surface area contributed by atoms with Gasteiger partial charge in [-0.25, -0.2) is 0 Å². The summed E-state index contributed by atoms with van der Waals surface area (Å²) in [7, 11) is 2.17. The highest BCUT2D eigenvalue weighted by Crippen LogP contribution is 2.50. The number of nitrogens with zero attached hydrogens (tertiary/aromatic N) is 1. The zero-order valence-electron chi connectivity index (χ0n) is 10.0. The second-order valence-electron chi connectivity index (χ2n) is 6.00. The Balaban J connectivity index is 2.52. The van der Waals surface area contributed by atoms with E-state index in [9.17, 15) is 0 Å². The molecule has 2 rings (SSSR count). The van der Waals surface area contributed by atoms with Gasteiger partial charge in [0.2, 0.25) is 0 Å². The molecular formula is C13H21N. The highest BCUT2D eigenvalue weighted by molar-refractivity contribution is 5.38. The van der Waals surface area contributed by atoms with Crippen LogP contribution in [0.25, 0.3) is 0 Å². The molecule has 1 saturated carbocycles. The van der Waals surface area contributed by atoms with Crippen LogP contribution in [0.5, 0.6) is 0 Å². The Morgan fingerprint density at radius 2 is 1.86 bits per heavy atom. The molecule has 0 saturated heterocycles. The molecule has 1 aromatic heterocycles. The number of rotatable bonds is 1. The van der Waals surface area contributed by atoms with Gasteiger partial charge >= 0.3 is 0 Å². The largest absolute Gasteiger partial charge is 0.354 e. The van der Waals surface area contributed by atoms with E-state index in [1.54, 1.807) is 5.69 Å². The van der Waals surface area contributed by atoms with Gasteiger partial charge in [-0.1, -0.05) is 27.7 Å². The van der Waals surface area contributed by atoms with Crippen LogP contribution < -0.4 is 0 Å². The SMILES string of the molecule is Cn1ccc(C(C)(C)C)c1C1(C)CC1. The third-order valence-corrected chi connectivity index (χ3v) is 3.45. The van der Waals surface area contributed by atoms with Crippen molar-refractivity contribution < 1.29 is 0 Å². The minimum Gasteiger partial charge on any atom is -0.354 e. The number of hydrogen-bond donors (Lipinski definition) is 0. The summed E-state index contributed by atoms with van der Waals surface area (Å²) >= 11 is 0. The molecule has 0 aromatic carbocycles. The first kappa shape index (κ1) is 9.82. The van der Waals surface area contributed by atoms with Gasteiger partial charge in [-0.3, -0.25) is 0 Å². The molecule has 0 amide bonds. The fourth-order valence-corrected chi connectivity index (χ4v) is 2.31. The van der Waals surface area contributed by atoms with E-state index in [2.05, 4.69) is 51.6 Å². The molecular weight excluding hydrogens is 170 g/mol. The maximum atomic E-state index is 2.39. The average Bonchev–Trinajstić information content (AvgIpc) is 2.60. The Bertz CT molecular complexity index is 348. The van der Waals surface area contributed by atoms with Gasteiger partial charge in [-0.05, 0) is 29.9 Å². The van der Waals surface area contributed by atoms with Crippen molar-refractivity contribution in [2.75, 3.05) is 0 Å². The summed E-state index contributed by atoms with van der Waals surface area (Å²) in [5.74, 6) is 0. The topological polar surface area (TPSA) is 4.93 Å². The van der Waals surface area contributed by atoms with Crippen molar-refractivity contribution >= 4 is 0 Å². The van der Waals surface area contributed by atoms with Crippen molar-refractivity contribution in [2.45, 2.75) is 51.4 Å². The molecule has 78 valence electrons. The molecule has 14 heavy (non-hydrogen) atoms.